The average molecular weight is 310 g/mol. The van der Waals surface area contributed by atoms with E-state index in [9.17, 15) is 4.79 Å². The van der Waals surface area contributed by atoms with E-state index in [-0.39, 0.29) is 11.9 Å². The lowest BCUT2D eigenvalue weighted by Crippen LogP contribution is -2.39. The van der Waals surface area contributed by atoms with E-state index in [1.54, 1.807) is 33.3 Å². The molecule has 0 aliphatic heterocycles. The number of rotatable bonds is 8. The molecule has 0 aromatic heterocycles. The normalized spacial score (nSPS) is 11.7. The number of benzene rings is 1. The fourth-order valence-corrected chi connectivity index (χ4v) is 2.18. The molecule has 22 heavy (non-hydrogen) atoms. The Morgan fingerprint density at radius 3 is 2.32 bits per heavy atom. The summed E-state index contributed by atoms with van der Waals surface area (Å²) in [7, 11) is 6.48. The third-order valence-electron chi connectivity index (χ3n) is 3.79. The lowest BCUT2D eigenvalue weighted by molar-refractivity contribution is -0.131. The van der Waals surface area contributed by atoms with Gasteiger partial charge in [0, 0.05) is 26.1 Å². The monoisotopic (exact) mass is 310 g/mol. The van der Waals surface area contributed by atoms with Crippen molar-refractivity contribution in [3.05, 3.63) is 17.7 Å². The zero-order valence-corrected chi connectivity index (χ0v) is 14.0. The van der Waals surface area contributed by atoms with Gasteiger partial charge in [-0.1, -0.05) is 6.07 Å². The van der Waals surface area contributed by atoms with E-state index in [1.165, 1.54) is 0 Å². The molecule has 0 radical (unpaired) electrons. The number of nitrogens with two attached hydrogens (primary N) is 1. The summed E-state index contributed by atoms with van der Waals surface area (Å²) in [5.74, 6) is 1.79. The zero-order valence-electron chi connectivity index (χ0n) is 14.0. The van der Waals surface area contributed by atoms with Crippen LogP contribution in [0.5, 0.6) is 17.2 Å². The summed E-state index contributed by atoms with van der Waals surface area (Å²) in [4.78, 5) is 13.8. The number of ether oxygens (including phenoxy) is 3. The molecule has 0 saturated heterocycles. The van der Waals surface area contributed by atoms with Crippen molar-refractivity contribution in [1.82, 2.24) is 4.90 Å². The average Bonchev–Trinajstić information content (AvgIpc) is 2.56. The lowest BCUT2D eigenvalue weighted by Gasteiger charge is -2.24. The molecule has 1 amide bonds. The van der Waals surface area contributed by atoms with E-state index in [1.807, 2.05) is 19.1 Å². The number of likely N-dealkylation sites (N-methyl/N-ethyl adjacent to an activating group) is 1. The maximum atomic E-state index is 12.2. The van der Waals surface area contributed by atoms with Crippen LogP contribution in [0, 0.1) is 0 Å². The maximum absolute atomic E-state index is 12.2. The summed E-state index contributed by atoms with van der Waals surface area (Å²) in [5, 5.41) is 0. The number of hydrogen-bond acceptors (Lipinski definition) is 5. The number of amides is 1. The number of nitrogens with zero attached hydrogens (tertiary/aromatic N) is 1. The Hall–Kier alpha value is -1.95. The smallest absolute Gasteiger partial charge is 0.222 e. The van der Waals surface area contributed by atoms with Gasteiger partial charge in [0.2, 0.25) is 11.7 Å². The van der Waals surface area contributed by atoms with Crippen LogP contribution in [0.1, 0.15) is 18.9 Å². The minimum Gasteiger partial charge on any atom is -0.493 e. The number of carbonyl (C=O) groups is 1. The van der Waals surface area contributed by atoms with Crippen LogP contribution in [0.3, 0.4) is 0 Å². The molecule has 0 fully saturated rings. The molecule has 2 N–H and O–H groups in total. The van der Waals surface area contributed by atoms with Gasteiger partial charge in [0.05, 0.1) is 21.3 Å². The summed E-state index contributed by atoms with van der Waals surface area (Å²) in [5.41, 5.74) is 6.49. The van der Waals surface area contributed by atoms with Gasteiger partial charge in [0.15, 0.2) is 11.5 Å². The van der Waals surface area contributed by atoms with Crippen molar-refractivity contribution in [3.63, 3.8) is 0 Å². The second-order valence-electron chi connectivity index (χ2n) is 5.08. The molecule has 0 aliphatic rings. The van der Waals surface area contributed by atoms with Crippen LogP contribution in [0.4, 0.5) is 0 Å². The van der Waals surface area contributed by atoms with Crippen molar-refractivity contribution in [2.24, 2.45) is 5.73 Å². The molecule has 0 bridgehead atoms. The zero-order chi connectivity index (χ0) is 16.7. The fraction of sp³-hybridized carbons (Fsp3) is 0.562. The molecule has 0 heterocycles. The fourth-order valence-electron chi connectivity index (χ4n) is 2.18. The molecular formula is C16H26N2O4. The Labute approximate surface area is 132 Å². The van der Waals surface area contributed by atoms with Crippen LogP contribution in [0.2, 0.25) is 0 Å². The largest absolute Gasteiger partial charge is 0.493 e. The van der Waals surface area contributed by atoms with Gasteiger partial charge in [-0.15, -0.1) is 0 Å². The lowest BCUT2D eigenvalue weighted by atomic mass is 10.1. The Morgan fingerprint density at radius 1 is 1.18 bits per heavy atom. The highest BCUT2D eigenvalue weighted by atomic mass is 16.5. The standard InChI is InChI=1S/C16H26N2O4/c1-11(10-17)18(2)14(19)9-7-12-6-8-13(20-3)16(22-5)15(12)21-4/h6,8,11H,7,9-10,17H2,1-5H3. The summed E-state index contributed by atoms with van der Waals surface area (Å²) >= 11 is 0. The molecular weight excluding hydrogens is 284 g/mol. The molecule has 1 rings (SSSR count). The van der Waals surface area contributed by atoms with Gasteiger partial charge in [-0.2, -0.15) is 0 Å². The molecule has 6 nitrogen and oxygen atoms in total. The third kappa shape index (κ3) is 4.04. The van der Waals surface area contributed by atoms with Gasteiger partial charge in [-0.05, 0) is 25.0 Å². The van der Waals surface area contributed by atoms with Gasteiger partial charge >= 0.3 is 0 Å². The first-order valence-corrected chi connectivity index (χ1v) is 7.23. The predicted octanol–water partition coefficient (Wildman–Crippen LogP) is 1.45. The van der Waals surface area contributed by atoms with E-state index in [0.29, 0.717) is 36.6 Å². The molecule has 1 aromatic carbocycles. The molecule has 0 spiro atoms. The SMILES string of the molecule is COc1ccc(CCC(=O)N(C)C(C)CN)c(OC)c1OC. The van der Waals surface area contributed by atoms with Gasteiger partial charge in [-0.3, -0.25) is 4.79 Å². The second kappa shape index (κ2) is 8.48. The molecule has 0 aliphatic carbocycles. The van der Waals surface area contributed by atoms with Crippen molar-refractivity contribution >= 4 is 5.91 Å². The number of hydrogen-bond donors (Lipinski definition) is 1. The van der Waals surface area contributed by atoms with Crippen LogP contribution < -0.4 is 19.9 Å². The summed E-state index contributed by atoms with van der Waals surface area (Å²) in [6.07, 6.45) is 0.941. The van der Waals surface area contributed by atoms with Crippen molar-refractivity contribution in [2.45, 2.75) is 25.8 Å². The summed E-state index contributed by atoms with van der Waals surface area (Å²) < 4.78 is 16.0. The summed E-state index contributed by atoms with van der Waals surface area (Å²) in [6, 6.07) is 3.73. The number of aryl methyl sites for hydroxylation is 1. The number of methoxy groups -OCH3 is 3. The molecule has 0 saturated carbocycles. The van der Waals surface area contributed by atoms with E-state index >= 15 is 0 Å². The summed E-state index contributed by atoms with van der Waals surface area (Å²) in [6.45, 7) is 2.37. The highest BCUT2D eigenvalue weighted by Gasteiger charge is 2.18. The quantitative estimate of drug-likeness (QED) is 0.786. The van der Waals surface area contributed by atoms with Crippen LogP contribution in [-0.2, 0) is 11.2 Å². The minimum atomic E-state index is 0.0276. The van der Waals surface area contributed by atoms with Crippen LogP contribution in [0.15, 0.2) is 12.1 Å². The second-order valence-corrected chi connectivity index (χ2v) is 5.08. The minimum absolute atomic E-state index is 0.0276. The Morgan fingerprint density at radius 2 is 1.82 bits per heavy atom. The van der Waals surface area contributed by atoms with Crippen molar-refractivity contribution in [2.75, 3.05) is 34.9 Å². The van der Waals surface area contributed by atoms with E-state index < -0.39 is 0 Å². The molecule has 1 atom stereocenters. The first-order chi connectivity index (χ1) is 10.5. The Bertz CT molecular complexity index is 505. The van der Waals surface area contributed by atoms with Gasteiger partial charge in [0.1, 0.15) is 0 Å². The van der Waals surface area contributed by atoms with E-state index in [0.717, 1.165) is 5.56 Å². The van der Waals surface area contributed by atoms with Crippen molar-refractivity contribution in [1.29, 1.82) is 0 Å². The van der Waals surface area contributed by atoms with Crippen LogP contribution in [0.25, 0.3) is 0 Å². The molecule has 1 aromatic rings. The first-order valence-electron chi connectivity index (χ1n) is 7.23. The maximum Gasteiger partial charge on any atom is 0.222 e. The van der Waals surface area contributed by atoms with Crippen molar-refractivity contribution < 1.29 is 19.0 Å². The number of carbonyl (C=O) groups excluding carboxylic acids is 1. The topological polar surface area (TPSA) is 74.0 Å². The third-order valence-corrected chi connectivity index (χ3v) is 3.79. The highest BCUT2D eigenvalue weighted by Crippen LogP contribution is 2.40. The predicted molar refractivity (Wildman–Crippen MR) is 85.7 cm³/mol. The Kier molecular flexibility index (Phi) is 6.98. The molecule has 6 heteroatoms. The first kappa shape index (κ1) is 18.1. The Balaban J connectivity index is 2.88. The molecule has 1 unspecified atom stereocenters. The van der Waals surface area contributed by atoms with E-state index in [4.69, 9.17) is 19.9 Å². The van der Waals surface area contributed by atoms with Crippen molar-refractivity contribution in [3.8, 4) is 17.2 Å². The van der Waals surface area contributed by atoms with Crippen LogP contribution in [-0.4, -0.2) is 51.8 Å². The van der Waals surface area contributed by atoms with E-state index in [2.05, 4.69) is 0 Å². The van der Waals surface area contributed by atoms with Gasteiger partial charge in [-0.25, -0.2) is 0 Å². The molecule has 124 valence electrons. The van der Waals surface area contributed by atoms with Gasteiger partial charge < -0.3 is 24.8 Å². The highest BCUT2D eigenvalue weighted by molar-refractivity contribution is 5.76. The van der Waals surface area contributed by atoms with Crippen LogP contribution >= 0.6 is 0 Å². The van der Waals surface area contributed by atoms with Gasteiger partial charge in [0.25, 0.3) is 0 Å².